The number of allylic oxidation sites excluding steroid dienone is 1. The van der Waals surface area contributed by atoms with Crippen LogP contribution in [0.15, 0.2) is 66.0 Å². The topological polar surface area (TPSA) is 111 Å². The highest BCUT2D eigenvalue weighted by Crippen LogP contribution is 2.23. The fraction of sp³-hybridized carbons (Fsp3) is 0.0556. The van der Waals surface area contributed by atoms with Gasteiger partial charge in [-0.1, -0.05) is 42.5 Å². The van der Waals surface area contributed by atoms with Crippen LogP contribution in [0.5, 0.6) is 5.75 Å². The predicted octanol–water partition coefficient (Wildman–Crippen LogP) is 2.09. The number of ether oxygens (including phenoxy) is 1. The summed E-state index contributed by atoms with van der Waals surface area (Å²) < 4.78 is 5.14. The Hall–Kier alpha value is -3.25. The molecule has 0 aliphatic rings. The molecule has 24 heavy (non-hydrogen) atoms. The molecule has 0 bridgehead atoms. The van der Waals surface area contributed by atoms with Gasteiger partial charge in [-0.3, -0.25) is 5.84 Å². The summed E-state index contributed by atoms with van der Waals surface area (Å²) in [6, 6.07) is 15.6. The first-order chi connectivity index (χ1) is 11.5. The Morgan fingerprint density at radius 3 is 2.08 bits per heavy atom. The molecule has 0 aliphatic carbocycles. The standard InChI is InChI=1S/C18H19N3O3/c1-24-15-9-7-14(8-10-15)13-5-2-12(3-6-13)4-11-16(21-20)17(19)18(22)23/h2-11,21H,19-20H2,1H3,(H,22,23)/b11-4+,17-16-. The highest BCUT2D eigenvalue weighted by Gasteiger charge is 2.06. The van der Waals surface area contributed by atoms with Gasteiger partial charge in [0.2, 0.25) is 0 Å². The number of rotatable bonds is 6. The molecule has 0 saturated heterocycles. The molecule has 0 heterocycles. The number of nitrogens with one attached hydrogen (secondary N) is 1. The van der Waals surface area contributed by atoms with Crippen LogP contribution in [0.3, 0.4) is 0 Å². The van der Waals surface area contributed by atoms with Crippen LogP contribution in [-0.2, 0) is 4.79 Å². The fourth-order valence-corrected chi connectivity index (χ4v) is 2.08. The maximum absolute atomic E-state index is 10.8. The minimum Gasteiger partial charge on any atom is -0.497 e. The number of nitrogens with two attached hydrogens (primary N) is 2. The van der Waals surface area contributed by atoms with E-state index in [1.807, 2.05) is 48.5 Å². The molecule has 0 fully saturated rings. The lowest BCUT2D eigenvalue weighted by atomic mass is 10.0. The molecule has 0 aromatic heterocycles. The van der Waals surface area contributed by atoms with Crippen molar-refractivity contribution < 1.29 is 14.6 Å². The lowest BCUT2D eigenvalue weighted by Crippen LogP contribution is -2.26. The molecule has 6 nitrogen and oxygen atoms in total. The van der Waals surface area contributed by atoms with Gasteiger partial charge in [0.05, 0.1) is 12.8 Å². The molecule has 6 heteroatoms. The zero-order chi connectivity index (χ0) is 17.5. The van der Waals surface area contributed by atoms with Crippen LogP contribution in [0.2, 0.25) is 0 Å². The second kappa shape index (κ2) is 7.85. The Bertz CT molecular complexity index is 763. The molecule has 0 amide bonds. The number of carboxylic acid groups (broad SMARTS) is 1. The van der Waals surface area contributed by atoms with Crippen molar-refractivity contribution >= 4 is 12.0 Å². The van der Waals surface area contributed by atoms with Crippen LogP contribution < -0.4 is 21.7 Å². The summed E-state index contributed by atoms with van der Waals surface area (Å²) in [5.41, 5.74) is 10.5. The summed E-state index contributed by atoms with van der Waals surface area (Å²) in [6.45, 7) is 0. The van der Waals surface area contributed by atoms with E-state index in [0.29, 0.717) is 0 Å². The highest BCUT2D eigenvalue weighted by atomic mass is 16.5. The van der Waals surface area contributed by atoms with Gasteiger partial charge in [0.1, 0.15) is 11.4 Å². The van der Waals surface area contributed by atoms with Crippen LogP contribution in [0, 0.1) is 0 Å². The number of hydrogen-bond acceptors (Lipinski definition) is 5. The first-order valence-electron chi connectivity index (χ1n) is 7.17. The Balaban J connectivity index is 2.18. The number of methoxy groups -OCH3 is 1. The van der Waals surface area contributed by atoms with Gasteiger partial charge in [-0.25, -0.2) is 4.79 Å². The van der Waals surface area contributed by atoms with Gasteiger partial charge in [0, 0.05) is 0 Å². The minimum absolute atomic E-state index is 0.140. The van der Waals surface area contributed by atoms with Crippen molar-refractivity contribution in [1.29, 1.82) is 0 Å². The number of hydrogen-bond donors (Lipinski definition) is 4. The van der Waals surface area contributed by atoms with Gasteiger partial charge >= 0.3 is 5.97 Å². The first-order valence-corrected chi connectivity index (χ1v) is 7.17. The Labute approximate surface area is 140 Å². The normalized spacial score (nSPS) is 11.9. The van der Waals surface area contributed by atoms with Gasteiger partial charge in [-0.2, -0.15) is 0 Å². The van der Waals surface area contributed by atoms with E-state index in [-0.39, 0.29) is 11.4 Å². The molecule has 6 N–H and O–H groups in total. The zero-order valence-electron chi connectivity index (χ0n) is 13.2. The first kappa shape index (κ1) is 17.1. The van der Waals surface area contributed by atoms with Crippen LogP contribution in [0.25, 0.3) is 17.2 Å². The summed E-state index contributed by atoms with van der Waals surface area (Å²) in [5.74, 6) is 4.86. The van der Waals surface area contributed by atoms with E-state index in [9.17, 15) is 4.79 Å². The molecule has 2 aromatic rings. The summed E-state index contributed by atoms with van der Waals surface area (Å²) >= 11 is 0. The Morgan fingerprint density at radius 1 is 1.08 bits per heavy atom. The van der Waals surface area contributed by atoms with Crippen LogP contribution in [0.4, 0.5) is 0 Å². The van der Waals surface area contributed by atoms with Gasteiger partial charge in [-0.15, -0.1) is 0 Å². The monoisotopic (exact) mass is 325 g/mol. The van der Waals surface area contributed by atoms with Crippen LogP contribution in [0.1, 0.15) is 5.56 Å². The lowest BCUT2D eigenvalue weighted by Gasteiger charge is -2.05. The third kappa shape index (κ3) is 4.15. The predicted molar refractivity (Wildman–Crippen MR) is 93.6 cm³/mol. The number of carboxylic acids is 1. The summed E-state index contributed by atoms with van der Waals surface area (Å²) in [7, 11) is 1.63. The summed E-state index contributed by atoms with van der Waals surface area (Å²) in [5, 5.41) is 8.86. The van der Waals surface area contributed by atoms with Crippen molar-refractivity contribution in [2.75, 3.05) is 7.11 Å². The lowest BCUT2D eigenvalue weighted by molar-refractivity contribution is -0.132. The van der Waals surface area contributed by atoms with E-state index in [0.717, 1.165) is 22.4 Å². The molecule has 2 rings (SSSR count). The molecular weight excluding hydrogens is 306 g/mol. The maximum Gasteiger partial charge on any atom is 0.353 e. The van der Waals surface area contributed by atoms with Crippen molar-refractivity contribution in [1.82, 2.24) is 5.43 Å². The van der Waals surface area contributed by atoms with E-state index < -0.39 is 5.97 Å². The van der Waals surface area contributed by atoms with Gasteiger partial charge in [-0.05, 0) is 34.9 Å². The van der Waals surface area contributed by atoms with E-state index >= 15 is 0 Å². The SMILES string of the molecule is COc1ccc(-c2ccc(/C=C/C(NN)=C(/N)C(=O)O)cc2)cc1. The van der Waals surface area contributed by atoms with Gasteiger partial charge < -0.3 is 21.0 Å². The summed E-state index contributed by atoms with van der Waals surface area (Å²) in [6.07, 6.45) is 3.24. The van der Waals surface area contributed by atoms with Crippen molar-refractivity contribution in [2.45, 2.75) is 0 Å². The number of hydrazine groups is 1. The third-order valence-corrected chi connectivity index (χ3v) is 3.45. The number of carbonyl (C=O) groups is 1. The van der Waals surface area contributed by atoms with Crippen LogP contribution >= 0.6 is 0 Å². The quantitative estimate of drug-likeness (QED) is 0.280. The molecule has 0 saturated carbocycles. The van der Waals surface area contributed by atoms with E-state index in [1.54, 1.807) is 13.2 Å². The molecule has 0 aliphatic heterocycles. The maximum atomic E-state index is 10.8. The third-order valence-electron chi connectivity index (χ3n) is 3.45. The molecule has 0 atom stereocenters. The van der Waals surface area contributed by atoms with Crippen molar-refractivity contribution in [3.8, 4) is 16.9 Å². The van der Waals surface area contributed by atoms with Crippen molar-refractivity contribution in [2.24, 2.45) is 11.6 Å². The van der Waals surface area contributed by atoms with E-state index in [1.165, 1.54) is 6.08 Å². The molecular formula is C18H19N3O3. The minimum atomic E-state index is -1.23. The van der Waals surface area contributed by atoms with Crippen molar-refractivity contribution in [3.05, 3.63) is 71.6 Å². The fourth-order valence-electron chi connectivity index (χ4n) is 2.08. The Morgan fingerprint density at radius 2 is 1.62 bits per heavy atom. The zero-order valence-corrected chi connectivity index (χ0v) is 13.2. The molecule has 0 unspecified atom stereocenters. The number of benzene rings is 2. The summed E-state index contributed by atoms with van der Waals surface area (Å²) in [4.78, 5) is 10.8. The Kier molecular flexibility index (Phi) is 5.59. The van der Waals surface area contributed by atoms with Crippen LogP contribution in [-0.4, -0.2) is 18.2 Å². The second-order valence-corrected chi connectivity index (χ2v) is 4.96. The average molecular weight is 325 g/mol. The van der Waals surface area contributed by atoms with Crippen molar-refractivity contribution in [3.63, 3.8) is 0 Å². The molecule has 0 spiro atoms. The smallest absolute Gasteiger partial charge is 0.353 e. The molecule has 2 aromatic carbocycles. The highest BCUT2D eigenvalue weighted by molar-refractivity contribution is 5.87. The van der Waals surface area contributed by atoms with Gasteiger partial charge in [0.25, 0.3) is 0 Å². The van der Waals surface area contributed by atoms with E-state index in [2.05, 4.69) is 5.43 Å². The largest absolute Gasteiger partial charge is 0.497 e. The van der Waals surface area contributed by atoms with E-state index in [4.69, 9.17) is 21.4 Å². The second-order valence-electron chi connectivity index (χ2n) is 4.96. The average Bonchev–Trinajstić information content (AvgIpc) is 2.62. The number of aliphatic carboxylic acids is 1. The van der Waals surface area contributed by atoms with Gasteiger partial charge in [0.15, 0.2) is 0 Å². The molecule has 0 radical (unpaired) electrons. The molecule has 124 valence electrons.